The molecule has 2 saturated heterocycles. The lowest BCUT2D eigenvalue weighted by Crippen LogP contribution is -2.46. The lowest BCUT2D eigenvalue weighted by Gasteiger charge is -2.37. The number of nitrogens with one attached hydrogen (secondary N) is 1. The molecule has 0 aliphatic carbocycles. The lowest BCUT2D eigenvalue weighted by atomic mass is 9.74. The van der Waals surface area contributed by atoms with Crippen LogP contribution in [0.3, 0.4) is 0 Å². The summed E-state index contributed by atoms with van der Waals surface area (Å²) in [5.41, 5.74) is 2.55. The molecule has 0 radical (unpaired) electrons. The Kier molecular flexibility index (Phi) is 6.15. The van der Waals surface area contributed by atoms with Crippen molar-refractivity contribution in [1.29, 1.82) is 5.26 Å². The van der Waals surface area contributed by atoms with Gasteiger partial charge in [-0.05, 0) is 63.2 Å². The lowest BCUT2D eigenvalue weighted by molar-refractivity contribution is 0.183. The summed E-state index contributed by atoms with van der Waals surface area (Å²) in [6.45, 7) is 3.25. The van der Waals surface area contributed by atoms with Crippen LogP contribution in [0.2, 0.25) is 0 Å². The molecule has 2 aliphatic heterocycles. The second-order valence-corrected chi connectivity index (χ2v) is 8.88. The van der Waals surface area contributed by atoms with E-state index in [4.69, 9.17) is 0 Å². The van der Waals surface area contributed by atoms with Crippen molar-refractivity contribution in [1.82, 2.24) is 9.80 Å². The van der Waals surface area contributed by atoms with E-state index in [9.17, 15) is 10.1 Å². The van der Waals surface area contributed by atoms with Crippen LogP contribution in [0.5, 0.6) is 0 Å². The number of carbonyl (C=O) groups excluding carboxylic acids is 1. The molecule has 2 fully saturated rings. The molecule has 4 rings (SSSR count). The first-order chi connectivity index (χ1) is 15.0. The third kappa shape index (κ3) is 4.52. The second kappa shape index (κ2) is 8.99. The number of urea groups is 1. The van der Waals surface area contributed by atoms with Crippen LogP contribution in [-0.4, -0.2) is 62.1 Å². The zero-order valence-electron chi connectivity index (χ0n) is 18.4. The highest BCUT2D eigenvalue weighted by Crippen LogP contribution is 2.35. The van der Waals surface area contributed by atoms with Crippen LogP contribution < -0.4 is 10.2 Å². The average molecular weight is 418 g/mol. The Morgan fingerprint density at radius 2 is 1.74 bits per heavy atom. The summed E-state index contributed by atoms with van der Waals surface area (Å²) in [5.74, 6) is 0. The highest BCUT2D eigenvalue weighted by Gasteiger charge is 2.37. The molecule has 2 heterocycles. The van der Waals surface area contributed by atoms with Crippen LogP contribution in [0.4, 0.5) is 16.2 Å². The number of amides is 2. The first-order valence-electron chi connectivity index (χ1n) is 11.0. The molecule has 1 N–H and O–H groups in total. The molecule has 162 valence electrons. The Labute approximate surface area is 185 Å². The number of likely N-dealkylation sites (N-methyl/N-ethyl adjacent to an activating group) is 1. The smallest absolute Gasteiger partial charge is 0.321 e. The molecule has 6 heteroatoms. The maximum Gasteiger partial charge on any atom is 0.321 e. The number of benzene rings is 2. The number of hydrogen-bond donors (Lipinski definition) is 1. The van der Waals surface area contributed by atoms with E-state index in [1.165, 1.54) is 12.1 Å². The molecule has 31 heavy (non-hydrogen) atoms. The van der Waals surface area contributed by atoms with Gasteiger partial charge in [0, 0.05) is 43.6 Å². The van der Waals surface area contributed by atoms with Gasteiger partial charge in [0.25, 0.3) is 0 Å². The molecule has 0 saturated carbocycles. The molecule has 2 amide bonds. The second-order valence-electron chi connectivity index (χ2n) is 8.88. The summed E-state index contributed by atoms with van der Waals surface area (Å²) in [5, 5.41) is 12.9. The van der Waals surface area contributed by atoms with E-state index in [2.05, 4.69) is 47.4 Å². The molecule has 2 aliphatic rings. The van der Waals surface area contributed by atoms with Crippen molar-refractivity contribution in [2.75, 3.05) is 50.5 Å². The van der Waals surface area contributed by atoms with Crippen LogP contribution in [-0.2, 0) is 5.41 Å². The van der Waals surface area contributed by atoms with Crippen molar-refractivity contribution in [3.8, 4) is 6.07 Å². The molecular weight excluding hydrogens is 386 g/mol. The number of nitriles is 1. The number of likely N-dealkylation sites (tertiary alicyclic amines) is 1. The summed E-state index contributed by atoms with van der Waals surface area (Å²) < 4.78 is 0. The molecule has 6 nitrogen and oxygen atoms in total. The minimum Gasteiger partial charge on any atom is -0.370 e. The van der Waals surface area contributed by atoms with Crippen LogP contribution in [0.1, 0.15) is 24.8 Å². The van der Waals surface area contributed by atoms with E-state index in [1.54, 1.807) is 0 Å². The van der Waals surface area contributed by atoms with E-state index in [0.717, 1.165) is 24.3 Å². The fourth-order valence-electron chi connectivity index (χ4n) is 4.67. The van der Waals surface area contributed by atoms with Gasteiger partial charge in [0.2, 0.25) is 0 Å². The molecule has 2 aromatic carbocycles. The number of rotatable bonds is 4. The number of nitrogens with zero attached hydrogens (tertiary/aromatic N) is 4. The minimum atomic E-state index is -0.500. The summed E-state index contributed by atoms with van der Waals surface area (Å²) in [6.07, 6.45) is 2.48. The maximum atomic E-state index is 12.8. The molecule has 0 spiro atoms. The van der Waals surface area contributed by atoms with Gasteiger partial charge in [0.05, 0.1) is 11.5 Å². The van der Waals surface area contributed by atoms with Gasteiger partial charge in [-0.2, -0.15) is 5.26 Å². The van der Waals surface area contributed by atoms with Gasteiger partial charge in [-0.15, -0.1) is 0 Å². The van der Waals surface area contributed by atoms with Gasteiger partial charge in [0.15, 0.2) is 0 Å². The third-order valence-electron chi connectivity index (χ3n) is 6.82. The van der Waals surface area contributed by atoms with Crippen molar-refractivity contribution in [3.05, 3.63) is 60.2 Å². The van der Waals surface area contributed by atoms with Crippen LogP contribution in [0.25, 0.3) is 0 Å². The third-order valence-corrected chi connectivity index (χ3v) is 6.82. The van der Waals surface area contributed by atoms with Crippen LogP contribution in [0, 0.1) is 11.3 Å². The predicted molar refractivity (Wildman–Crippen MR) is 124 cm³/mol. The highest BCUT2D eigenvalue weighted by molar-refractivity contribution is 5.89. The SMILES string of the molecule is CN(C)C1CCN(c2ccc(NC(=O)N3CCC(C#N)(c4ccccc4)CC3)cc2)C1. The first kappa shape index (κ1) is 21.2. The van der Waals surface area contributed by atoms with Crippen molar-refractivity contribution in [2.24, 2.45) is 0 Å². The molecule has 0 bridgehead atoms. The Morgan fingerprint density at radius 3 is 2.32 bits per heavy atom. The van der Waals surface area contributed by atoms with Gasteiger partial charge < -0.3 is 20.0 Å². The van der Waals surface area contributed by atoms with Gasteiger partial charge in [-0.1, -0.05) is 30.3 Å². The number of hydrogen-bond acceptors (Lipinski definition) is 4. The summed E-state index contributed by atoms with van der Waals surface area (Å²) >= 11 is 0. The van der Waals surface area contributed by atoms with Crippen molar-refractivity contribution < 1.29 is 4.79 Å². The van der Waals surface area contributed by atoms with Gasteiger partial charge in [0.1, 0.15) is 0 Å². The zero-order chi connectivity index (χ0) is 21.8. The van der Waals surface area contributed by atoms with E-state index >= 15 is 0 Å². The largest absolute Gasteiger partial charge is 0.370 e. The molecule has 1 unspecified atom stereocenters. The van der Waals surface area contributed by atoms with Crippen molar-refractivity contribution in [3.63, 3.8) is 0 Å². The zero-order valence-corrected chi connectivity index (χ0v) is 18.4. The summed E-state index contributed by atoms with van der Waals surface area (Å²) in [4.78, 5) is 19.3. The first-order valence-corrected chi connectivity index (χ1v) is 11.0. The van der Waals surface area contributed by atoms with E-state index in [1.807, 2.05) is 47.4 Å². The molecule has 0 aromatic heterocycles. The number of anilines is 2. The van der Waals surface area contributed by atoms with Crippen LogP contribution >= 0.6 is 0 Å². The average Bonchev–Trinajstić information content (AvgIpc) is 3.31. The predicted octanol–water partition coefficient (Wildman–Crippen LogP) is 3.92. The topological polar surface area (TPSA) is 62.6 Å². The van der Waals surface area contributed by atoms with Gasteiger partial charge in [-0.25, -0.2) is 4.79 Å². The summed E-state index contributed by atoms with van der Waals surface area (Å²) in [7, 11) is 4.27. The monoisotopic (exact) mass is 417 g/mol. The molecule has 2 aromatic rings. The molecule has 1 atom stereocenters. The fourth-order valence-corrected chi connectivity index (χ4v) is 4.67. The Balaban J connectivity index is 1.33. The van der Waals surface area contributed by atoms with Gasteiger partial charge in [-0.3, -0.25) is 0 Å². The standard InChI is InChI=1S/C25H31N5O/c1-28(2)23-12-15-30(18-23)22-10-8-21(9-11-22)27-24(31)29-16-13-25(19-26,14-17-29)20-6-4-3-5-7-20/h3-11,23H,12-18H2,1-2H3,(H,27,31). The Hall–Kier alpha value is -3.04. The number of piperidine rings is 1. The Bertz CT molecular complexity index is 927. The van der Waals surface area contributed by atoms with E-state index in [0.29, 0.717) is 32.0 Å². The summed E-state index contributed by atoms with van der Waals surface area (Å²) in [6, 6.07) is 21.1. The highest BCUT2D eigenvalue weighted by atomic mass is 16.2. The number of carbonyl (C=O) groups is 1. The van der Waals surface area contributed by atoms with Gasteiger partial charge >= 0.3 is 6.03 Å². The normalized spacial score (nSPS) is 20.5. The minimum absolute atomic E-state index is 0.0961. The fraction of sp³-hybridized carbons (Fsp3) is 0.440. The Morgan fingerprint density at radius 1 is 1.06 bits per heavy atom. The maximum absolute atomic E-state index is 12.8. The molecular formula is C25H31N5O. The van der Waals surface area contributed by atoms with E-state index < -0.39 is 5.41 Å². The van der Waals surface area contributed by atoms with Crippen molar-refractivity contribution in [2.45, 2.75) is 30.7 Å². The van der Waals surface area contributed by atoms with Crippen molar-refractivity contribution >= 4 is 17.4 Å². The van der Waals surface area contributed by atoms with Crippen LogP contribution in [0.15, 0.2) is 54.6 Å². The van der Waals surface area contributed by atoms with E-state index in [-0.39, 0.29) is 6.03 Å². The quantitative estimate of drug-likeness (QED) is 0.819.